The van der Waals surface area contributed by atoms with E-state index in [0.29, 0.717) is 18.9 Å². The highest BCUT2D eigenvalue weighted by molar-refractivity contribution is 7.99. The number of hydrogen-bond acceptors (Lipinski definition) is 5. The van der Waals surface area contributed by atoms with Crippen LogP contribution >= 0.6 is 11.8 Å². The maximum atomic E-state index is 9.00. The summed E-state index contributed by atoms with van der Waals surface area (Å²) in [7, 11) is -0.800. The van der Waals surface area contributed by atoms with Crippen LogP contribution in [0.4, 0.5) is 0 Å². The highest BCUT2D eigenvalue weighted by Gasteiger charge is 2.09. The number of rotatable bonds is 5. The van der Waals surface area contributed by atoms with Crippen molar-refractivity contribution in [2.45, 2.75) is 9.79 Å². The largest absolute Gasteiger partial charge is 0.569 e. The average Bonchev–Trinajstić information content (AvgIpc) is 2.42. The molecule has 19 heavy (non-hydrogen) atoms. The zero-order valence-corrected chi connectivity index (χ0v) is 10.7. The lowest BCUT2D eigenvalue weighted by Gasteiger charge is -2.05. The van der Waals surface area contributed by atoms with Crippen molar-refractivity contribution < 1.29 is 19.7 Å². The van der Waals surface area contributed by atoms with Gasteiger partial charge in [-0.2, -0.15) is 0 Å². The molecule has 0 aliphatic heterocycles. The van der Waals surface area contributed by atoms with Crippen molar-refractivity contribution in [1.29, 1.82) is 0 Å². The van der Waals surface area contributed by atoms with Gasteiger partial charge in [0.05, 0.1) is 0 Å². The van der Waals surface area contributed by atoms with Gasteiger partial charge in [-0.3, -0.25) is 0 Å². The van der Waals surface area contributed by atoms with E-state index in [4.69, 9.17) is 19.7 Å². The molecule has 1 radical (unpaired) electrons. The first-order chi connectivity index (χ1) is 9.19. The van der Waals surface area contributed by atoms with Gasteiger partial charge in [-0.05, 0) is 41.9 Å². The smallest absolute Gasteiger partial charge is 0.537 e. The van der Waals surface area contributed by atoms with Crippen molar-refractivity contribution in [3.05, 3.63) is 48.5 Å². The second-order valence-electron chi connectivity index (χ2n) is 3.74. The summed E-state index contributed by atoms with van der Waals surface area (Å²) >= 11 is 1.54. The third kappa shape index (κ3) is 4.04. The van der Waals surface area contributed by atoms with Crippen molar-refractivity contribution >= 4 is 32.0 Å². The van der Waals surface area contributed by atoms with Crippen LogP contribution in [0, 0.1) is 0 Å². The van der Waals surface area contributed by atoms with E-state index in [1.54, 1.807) is 36.0 Å². The lowest BCUT2D eigenvalue weighted by Crippen LogP contribution is -2.29. The molecule has 0 heterocycles. The molecule has 0 aliphatic rings. The molecule has 2 aromatic carbocycles. The van der Waals surface area contributed by atoms with Crippen LogP contribution in [0.1, 0.15) is 0 Å². The SMILES string of the molecule is O[B]Oc1ccc(Sc2ccc(B(O)O)cc2)cc1. The van der Waals surface area contributed by atoms with Gasteiger partial charge in [-0.15, -0.1) is 0 Å². The molecule has 0 bridgehead atoms. The summed E-state index contributed by atoms with van der Waals surface area (Å²) < 4.78 is 4.82. The van der Waals surface area contributed by atoms with Gasteiger partial charge in [0.2, 0.25) is 0 Å². The lowest BCUT2D eigenvalue weighted by molar-refractivity contribution is 0.425. The molecule has 95 valence electrons. The quantitative estimate of drug-likeness (QED) is 0.689. The van der Waals surface area contributed by atoms with Crippen LogP contribution in [0.5, 0.6) is 5.75 Å². The van der Waals surface area contributed by atoms with Gasteiger partial charge >= 0.3 is 14.8 Å². The minimum absolute atomic E-state index is 0.464. The molecular weight excluding hydrogens is 262 g/mol. The fourth-order valence-electron chi connectivity index (χ4n) is 1.49. The first kappa shape index (κ1) is 14.0. The Morgan fingerprint density at radius 2 is 1.42 bits per heavy atom. The fourth-order valence-corrected chi connectivity index (χ4v) is 2.31. The van der Waals surface area contributed by atoms with Crippen molar-refractivity contribution in [2.75, 3.05) is 0 Å². The molecule has 4 nitrogen and oxygen atoms in total. The Morgan fingerprint density at radius 1 is 0.895 bits per heavy atom. The summed E-state index contributed by atoms with van der Waals surface area (Å²) in [5, 5.41) is 26.5. The molecule has 2 rings (SSSR count). The van der Waals surface area contributed by atoms with Crippen LogP contribution in [-0.2, 0) is 0 Å². The Balaban J connectivity index is 2.04. The molecule has 0 aromatic heterocycles. The van der Waals surface area contributed by atoms with E-state index in [1.807, 2.05) is 24.3 Å². The van der Waals surface area contributed by atoms with Crippen molar-refractivity contribution in [2.24, 2.45) is 0 Å². The first-order valence-corrected chi connectivity index (χ1v) is 6.37. The summed E-state index contributed by atoms with van der Waals surface area (Å²) in [6.45, 7) is 0. The number of benzene rings is 2. The molecule has 3 N–H and O–H groups in total. The van der Waals surface area contributed by atoms with Gasteiger partial charge in [0.1, 0.15) is 5.75 Å². The summed E-state index contributed by atoms with van der Waals surface area (Å²) in [5.41, 5.74) is 0.464. The van der Waals surface area contributed by atoms with Crippen LogP contribution in [0.15, 0.2) is 58.3 Å². The molecule has 7 heteroatoms. The molecule has 0 unspecified atom stereocenters. The Kier molecular flexibility index (Phi) is 4.93. The normalized spacial score (nSPS) is 10.1. The lowest BCUT2D eigenvalue weighted by atomic mass is 9.81. The molecule has 0 aliphatic carbocycles. The van der Waals surface area contributed by atoms with Crippen molar-refractivity contribution in [1.82, 2.24) is 0 Å². The van der Waals surface area contributed by atoms with E-state index >= 15 is 0 Å². The van der Waals surface area contributed by atoms with E-state index < -0.39 is 7.12 Å². The second kappa shape index (κ2) is 6.68. The summed E-state index contributed by atoms with van der Waals surface area (Å²) in [4.78, 5) is 2.01. The maximum absolute atomic E-state index is 9.00. The summed E-state index contributed by atoms with van der Waals surface area (Å²) in [5.74, 6) is 0.561. The van der Waals surface area contributed by atoms with Gasteiger partial charge < -0.3 is 19.7 Å². The Hall–Kier alpha value is -1.40. The molecule has 2 aromatic rings. The van der Waals surface area contributed by atoms with Gasteiger partial charge in [0.15, 0.2) is 0 Å². The van der Waals surface area contributed by atoms with Crippen LogP contribution in [0.3, 0.4) is 0 Å². The predicted molar refractivity (Wildman–Crippen MR) is 75.4 cm³/mol. The number of hydrogen-bond donors (Lipinski definition) is 3. The van der Waals surface area contributed by atoms with Crippen LogP contribution < -0.4 is 10.1 Å². The van der Waals surface area contributed by atoms with E-state index in [0.717, 1.165) is 9.79 Å². The van der Waals surface area contributed by atoms with Gasteiger partial charge in [-0.1, -0.05) is 23.9 Å². The van der Waals surface area contributed by atoms with E-state index in [-0.39, 0.29) is 0 Å². The summed E-state index contributed by atoms with van der Waals surface area (Å²) in [6.07, 6.45) is 0. The standard InChI is InChI=1S/C12H11B2O4S/c15-13-18-10-3-7-12(8-4-10)19-11-5-1-9(2-6-11)14(16)17/h1-8,15-17H. The highest BCUT2D eigenvalue weighted by atomic mass is 32.2. The zero-order chi connectivity index (χ0) is 13.7. The monoisotopic (exact) mass is 273 g/mol. The minimum atomic E-state index is -1.44. The van der Waals surface area contributed by atoms with Crippen LogP contribution in [-0.4, -0.2) is 29.9 Å². The minimum Gasteiger partial charge on any atom is -0.537 e. The molecule has 0 amide bonds. The molecule has 0 fully saturated rings. The summed E-state index contributed by atoms with van der Waals surface area (Å²) in [6, 6.07) is 14.2. The second-order valence-corrected chi connectivity index (χ2v) is 4.89. The first-order valence-electron chi connectivity index (χ1n) is 5.55. The third-order valence-electron chi connectivity index (χ3n) is 2.43. The van der Waals surface area contributed by atoms with E-state index in [1.165, 1.54) is 0 Å². The van der Waals surface area contributed by atoms with E-state index in [9.17, 15) is 0 Å². The maximum Gasteiger partial charge on any atom is 0.569 e. The van der Waals surface area contributed by atoms with Crippen LogP contribution in [0.2, 0.25) is 0 Å². The van der Waals surface area contributed by atoms with Crippen molar-refractivity contribution in [3.8, 4) is 5.75 Å². The average molecular weight is 273 g/mol. The Morgan fingerprint density at radius 3 is 1.89 bits per heavy atom. The Labute approximate surface area is 116 Å². The van der Waals surface area contributed by atoms with Gasteiger partial charge in [0.25, 0.3) is 0 Å². The zero-order valence-electron chi connectivity index (χ0n) is 9.93. The fraction of sp³-hybridized carbons (Fsp3) is 0. The molecular formula is C12H11B2O4S. The van der Waals surface area contributed by atoms with Crippen LogP contribution in [0.25, 0.3) is 0 Å². The predicted octanol–water partition coefficient (Wildman–Crippen LogP) is 0.423. The molecule has 0 saturated heterocycles. The molecule has 0 saturated carbocycles. The van der Waals surface area contributed by atoms with Gasteiger partial charge in [-0.25, -0.2) is 0 Å². The topological polar surface area (TPSA) is 69.9 Å². The van der Waals surface area contributed by atoms with Crippen molar-refractivity contribution in [3.63, 3.8) is 0 Å². The molecule has 0 atom stereocenters. The molecule has 0 spiro atoms. The van der Waals surface area contributed by atoms with Gasteiger partial charge in [0, 0.05) is 9.79 Å². The van der Waals surface area contributed by atoms with E-state index in [2.05, 4.69) is 0 Å². The third-order valence-corrected chi connectivity index (χ3v) is 3.44. The Bertz CT molecular complexity index is 516. The highest BCUT2D eigenvalue weighted by Crippen LogP contribution is 2.28.